The van der Waals surface area contributed by atoms with Crippen LogP contribution < -0.4 is 4.90 Å². The van der Waals surface area contributed by atoms with Gasteiger partial charge in [-0.2, -0.15) is 10.2 Å². The molecular weight excluding hydrogens is 538 g/mol. The Balaban J connectivity index is 1.31. The van der Waals surface area contributed by atoms with E-state index in [9.17, 15) is 4.79 Å². The molecule has 7 heteroatoms. The van der Waals surface area contributed by atoms with E-state index >= 15 is 0 Å². The van der Waals surface area contributed by atoms with E-state index in [1.54, 1.807) is 4.90 Å². The Morgan fingerprint density at radius 3 is 2.14 bits per heavy atom. The molecule has 2 aliphatic carbocycles. The molecule has 2 unspecified atom stereocenters. The summed E-state index contributed by atoms with van der Waals surface area (Å²) in [5.74, 6) is 0.522. The third-order valence-corrected chi connectivity index (χ3v) is 10.6. The summed E-state index contributed by atoms with van der Waals surface area (Å²) in [5.41, 5.74) is 5.81. The molecule has 210 valence electrons. The van der Waals surface area contributed by atoms with Crippen molar-refractivity contribution in [2.45, 2.75) is 40.0 Å². The molecule has 2 heterocycles. The van der Waals surface area contributed by atoms with Crippen molar-refractivity contribution in [2.75, 3.05) is 4.90 Å². The molecule has 0 radical (unpaired) electrons. The van der Waals surface area contributed by atoms with Gasteiger partial charge in [0, 0.05) is 28.5 Å². The molecule has 0 spiro atoms. The predicted octanol–water partition coefficient (Wildman–Crippen LogP) is 8.22. The molecule has 3 aliphatic rings. The quantitative estimate of drug-likeness (QED) is 0.179. The predicted molar refractivity (Wildman–Crippen MR) is 173 cm³/mol. The van der Waals surface area contributed by atoms with Gasteiger partial charge in [0.05, 0.1) is 22.0 Å². The molecule has 2 saturated carbocycles. The van der Waals surface area contributed by atoms with Crippen LogP contribution in [0.4, 0.5) is 5.69 Å². The van der Waals surface area contributed by atoms with E-state index in [4.69, 9.17) is 15.3 Å². The van der Waals surface area contributed by atoms with Gasteiger partial charge in [-0.25, -0.2) is 4.68 Å². The zero-order valence-electron chi connectivity index (χ0n) is 24.1. The van der Waals surface area contributed by atoms with Crippen LogP contribution in [0, 0.1) is 16.7 Å². The van der Waals surface area contributed by atoms with Crippen LogP contribution in [0.5, 0.6) is 0 Å². The average molecular weight is 572 g/mol. The molecule has 2 atom stereocenters. The second-order valence-corrected chi connectivity index (χ2v) is 13.1. The fourth-order valence-corrected chi connectivity index (χ4v) is 7.62. The Hall–Kier alpha value is -4.23. The minimum atomic E-state index is -0.115. The van der Waals surface area contributed by atoms with Crippen molar-refractivity contribution >= 4 is 40.3 Å². The fraction of sp³-hybridized carbons (Fsp3) is 0.257. The molecule has 42 heavy (non-hydrogen) atoms. The number of amides is 1. The lowest BCUT2D eigenvalue weighted by Gasteiger charge is -2.34. The number of hydrogen-bond acceptors (Lipinski definition) is 5. The number of benzene rings is 3. The Morgan fingerprint density at radius 1 is 0.881 bits per heavy atom. The van der Waals surface area contributed by atoms with Gasteiger partial charge < -0.3 is 0 Å². The number of carbonyl (C=O) groups is 1. The number of fused-ring (bicyclic) bond motifs is 2. The number of amidine groups is 1. The van der Waals surface area contributed by atoms with Crippen LogP contribution >= 0.6 is 11.8 Å². The van der Waals surface area contributed by atoms with Gasteiger partial charge in [0.2, 0.25) is 5.17 Å². The summed E-state index contributed by atoms with van der Waals surface area (Å²) in [5, 5.41) is 15.1. The molecule has 1 aromatic heterocycles. The van der Waals surface area contributed by atoms with Gasteiger partial charge in [-0.05, 0) is 72.7 Å². The zero-order valence-corrected chi connectivity index (χ0v) is 24.9. The van der Waals surface area contributed by atoms with Gasteiger partial charge in [0.1, 0.15) is 0 Å². The maximum atomic E-state index is 14.0. The molecule has 3 aromatic carbocycles. The normalized spacial score (nSPS) is 25.8. The first-order valence-electron chi connectivity index (χ1n) is 14.5. The van der Waals surface area contributed by atoms with E-state index < -0.39 is 0 Å². The van der Waals surface area contributed by atoms with Gasteiger partial charge in [0.25, 0.3) is 5.91 Å². The van der Waals surface area contributed by atoms with E-state index in [1.165, 1.54) is 18.2 Å². The smallest absolute Gasteiger partial charge is 0.268 e. The van der Waals surface area contributed by atoms with Crippen molar-refractivity contribution in [2.24, 2.45) is 27.0 Å². The van der Waals surface area contributed by atoms with Crippen molar-refractivity contribution in [1.82, 2.24) is 9.78 Å². The molecule has 4 aromatic rings. The number of carbonyl (C=O) groups excluding carboxylic acids is 1. The summed E-state index contributed by atoms with van der Waals surface area (Å²) in [6.07, 6.45) is 7.29. The highest BCUT2D eigenvalue weighted by Gasteiger charge is 2.60. The van der Waals surface area contributed by atoms with Gasteiger partial charge in [0.15, 0.2) is 0 Å². The Bertz CT molecular complexity index is 1740. The van der Waals surface area contributed by atoms with Crippen molar-refractivity contribution in [3.63, 3.8) is 0 Å². The lowest BCUT2D eigenvalue weighted by atomic mass is 9.70. The average Bonchev–Trinajstić information content (AvgIpc) is 3.69. The van der Waals surface area contributed by atoms with Gasteiger partial charge >= 0.3 is 0 Å². The van der Waals surface area contributed by atoms with Crippen molar-refractivity contribution < 1.29 is 4.79 Å². The molecule has 7 rings (SSSR count). The van der Waals surface area contributed by atoms with E-state index in [0.717, 1.165) is 46.7 Å². The monoisotopic (exact) mass is 571 g/mol. The summed E-state index contributed by atoms with van der Waals surface area (Å²) in [4.78, 5) is 16.3. The van der Waals surface area contributed by atoms with Gasteiger partial charge in [-0.3, -0.25) is 9.69 Å². The van der Waals surface area contributed by atoms with Crippen molar-refractivity contribution in [3.05, 3.63) is 108 Å². The summed E-state index contributed by atoms with van der Waals surface area (Å²) in [6, 6.07) is 29.8. The standard InChI is InChI=1S/C35H33N5OS/c1-34(2)26-19-20-35(34,3)30(22-26)36-37-33-40(28-17-11-6-12-18-28)32(41)29(42-33)21-25-23-39(27-15-9-5-10-16-27)38-31(25)24-13-7-4-8-14-24/h4-18,21,23,26H,19-20,22H2,1-3H3. The van der Waals surface area contributed by atoms with Crippen LogP contribution in [-0.2, 0) is 4.79 Å². The SMILES string of the molecule is CC12CCC(CC1=NN=C1SC(=Cc3cn(-c4ccccc4)nc3-c3ccccc3)C(=O)N1c1ccccc1)C2(C)C. The van der Waals surface area contributed by atoms with Crippen LogP contribution in [0.1, 0.15) is 45.6 Å². The minimum Gasteiger partial charge on any atom is -0.268 e. The van der Waals surface area contributed by atoms with Gasteiger partial charge in [-0.1, -0.05) is 87.5 Å². The molecule has 6 nitrogen and oxygen atoms in total. The summed E-state index contributed by atoms with van der Waals surface area (Å²) < 4.78 is 1.87. The maximum absolute atomic E-state index is 14.0. The number of para-hydroxylation sites is 2. The number of nitrogens with zero attached hydrogens (tertiary/aromatic N) is 5. The second-order valence-electron chi connectivity index (χ2n) is 12.1. The Morgan fingerprint density at radius 2 is 1.52 bits per heavy atom. The molecule has 1 saturated heterocycles. The van der Waals surface area contributed by atoms with E-state index in [0.29, 0.717) is 16.0 Å². The van der Waals surface area contributed by atoms with Crippen LogP contribution in [0.2, 0.25) is 0 Å². The topological polar surface area (TPSA) is 62.9 Å². The fourth-order valence-electron chi connectivity index (χ4n) is 6.70. The van der Waals surface area contributed by atoms with E-state index in [1.807, 2.05) is 108 Å². The van der Waals surface area contributed by atoms with E-state index in [2.05, 4.69) is 20.8 Å². The summed E-state index contributed by atoms with van der Waals surface area (Å²) in [6.45, 7) is 7.07. The number of aromatic nitrogens is 2. The van der Waals surface area contributed by atoms with Crippen LogP contribution in [0.3, 0.4) is 0 Å². The molecular formula is C35H33N5OS. The van der Waals surface area contributed by atoms with Gasteiger partial charge in [-0.15, -0.1) is 5.10 Å². The Labute approximate surface area is 250 Å². The third kappa shape index (κ3) is 4.34. The zero-order chi connectivity index (χ0) is 28.9. The maximum Gasteiger partial charge on any atom is 0.271 e. The van der Waals surface area contributed by atoms with E-state index in [-0.39, 0.29) is 16.7 Å². The second kappa shape index (κ2) is 10.2. The number of anilines is 1. The molecule has 1 aliphatic heterocycles. The highest BCUT2D eigenvalue weighted by Crippen LogP contribution is 2.64. The van der Waals surface area contributed by atoms with Crippen LogP contribution in [0.15, 0.2) is 112 Å². The largest absolute Gasteiger partial charge is 0.271 e. The van der Waals surface area contributed by atoms with Crippen molar-refractivity contribution in [3.8, 4) is 16.9 Å². The highest BCUT2D eigenvalue weighted by molar-refractivity contribution is 8.19. The Kier molecular flexibility index (Phi) is 6.50. The first kappa shape index (κ1) is 26.7. The summed E-state index contributed by atoms with van der Waals surface area (Å²) in [7, 11) is 0. The van der Waals surface area contributed by atoms with Crippen LogP contribution in [-0.4, -0.2) is 26.6 Å². The highest BCUT2D eigenvalue weighted by atomic mass is 32.2. The molecule has 3 fully saturated rings. The minimum absolute atomic E-state index is 0.0435. The summed E-state index contributed by atoms with van der Waals surface area (Å²) >= 11 is 1.37. The molecule has 1 amide bonds. The lowest BCUT2D eigenvalue weighted by Crippen LogP contribution is -2.32. The molecule has 0 N–H and O–H groups in total. The number of hydrogen-bond donors (Lipinski definition) is 0. The lowest BCUT2D eigenvalue weighted by molar-refractivity contribution is -0.113. The van der Waals surface area contributed by atoms with Crippen molar-refractivity contribution in [1.29, 1.82) is 0 Å². The first-order valence-corrected chi connectivity index (χ1v) is 15.3. The molecule has 2 bridgehead atoms. The first-order chi connectivity index (χ1) is 20.3. The number of rotatable bonds is 5. The van der Waals surface area contributed by atoms with Crippen LogP contribution in [0.25, 0.3) is 23.0 Å². The third-order valence-electron chi connectivity index (χ3n) is 9.69. The number of thioether (sulfide) groups is 1.